The van der Waals surface area contributed by atoms with Gasteiger partial charge in [-0.05, 0) is 44.4 Å². The molecular formula is C18H24N2O4S. The largest absolute Gasteiger partial charge is 0.376 e. The van der Waals surface area contributed by atoms with Crippen molar-refractivity contribution in [2.75, 3.05) is 26.2 Å². The van der Waals surface area contributed by atoms with Gasteiger partial charge < -0.3 is 10.1 Å². The Labute approximate surface area is 148 Å². The average molecular weight is 364 g/mol. The van der Waals surface area contributed by atoms with Crippen molar-refractivity contribution < 1.29 is 17.9 Å². The van der Waals surface area contributed by atoms with Crippen molar-refractivity contribution in [2.24, 2.45) is 0 Å². The molecule has 6 nitrogen and oxygen atoms in total. The van der Waals surface area contributed by atoms with Gasteiger partial charge in [0, 0.05) is 31.8 Å². The number of nitrogens with one attached hydrogen (secondary N) is 1. The first-order valence-corrected chi connectivity index (χ1v) is 10.1. The molecule has 2 heterocycles. The molecule has 3 rings (SSSR count). The van der Waals surface area contributed by atoms with Crippen LogP contribution in [0.4, 0.5) is 0 Å². The number of amides is 1. The number of benzene rings is 1. The Morgan fingerprint density at radius 2 is 2.24 bits per heavy atom. The van der Waals surface area contributed by atoms with E-state index in [2.05, 4.69) is 5.32 Å². The number of rotatable bonds is 5. The van der Waals surface area contributed by atoms with Crippen LogP contribution >= 0.6 is 0 Å². The summed E-state index contributed by atoms with van der Waals surface area (Å²) in [4.78, 5) is 12.5. The molecule has 0 aromatic heterocycles. The van der Waals surface area contributed by atoms with E-state index in [4.69, 9.17) is 4.74 Å². The first-order chi connectivity index (χ1) is 12.0. The minimum Gasteiger partial charge on any atom is -0.376 e. The fraction of sp³-hybridized carbons (Fsp3) is 0.500. The van der Waals surface area contributed by atoms with Crippen LogP contribution in [-0.2, 0) is 14.8 Å². The van der Waals surface area contributed by atoms with Gasteiger partial charge >= 0.3 is 0 Å². The Morgan fingerprint density at radius 3 is 2.92 bits per heavy atom. The molecule has 0 radical (unpaired) electrons. The minimum atomic E-state index is -3.59. The summed E-state index contributed by atoms with van der Waals surface area (Å²) in [6.07, 6.45) is 4.67. The van der Waals surface area contributed by atoms with E-state index in [-0.39, 0.29) is 16.9 Å². The predicted molar refractivity (Wildman–Crippen MR) is 94.9 cm³/mol. The van der Waals surface area contributed by atoms with Gasteiger partial charge in [0.2, 0.25) is 10.0 Å². The SMILES string of the molecule is CC1=CCN(S(=O)(=O)c2cccc(C(=O)NC[C@@H]3CCCO3)c2)CC1. The molecule has 1 fully saturated rings. The second-order valence-electron chi connectivity index (χ2n) is 6.54. The topological polar surface area (TPSA) is 75.7 Å². The van der Waals surface area contributed by atoms with Gasteiger partial charge in [0.1, 0.15) is 0 Å². The highest BCUT2D eigenvalue weighted by Gasteiger charge is 2.26. The fourth-order valence-electron chi connectivity index (χ4n) is 3.03. The van der Waals surface area contributed by atoms with E-state index in [0.717, 1.165) is 25.9 Å². The van der Waals surface area contributed by atoms with E-state index in [1.807, 2.05) is 13.0 Å². The molecule has 0 saturated carbocycles. The second-order valence-corrected chi connectivity index (χ2v) is 8.47. The molecule has 25 heavy (non-hydrogen) atoms. The minimum absolute atomic E-state index is 0.0549. The van der Waals surface area contributed by atoms with Crippen LogP contribution < -0.4 is 5.32 Å². The molecule has 7 heteroatoms. The quantitative estimate of drug-likeness (QED) is 0.810. The van der Waals surface area contributed by atoms with Crippen molar-refractivity contribution in [3.8, 4) is 0 Å². The Kier molecular flexibility index (Phi) is 5.56. The molecular weight excluding hydrogens is 340 g/mol. The van der Waals surface area contributed by atoms with Gasteiger partial charge in [0.25, 0.3) is 5.91 Å². The number of carbonyl (C=O) groups is 1. The Balaban J connectivity index is 1.70. The highest BCUT2D eigenvalue weighted by Crippen LogP contribution is 2.21. The first-order valence-electron chi connectivity index (χ1n) is 8.62. The monoisotopic (exact) mass is 364 g/mol. The third kappa shape index (κ3) is 4.29. The molecule has 2 aliphatic heterocycles. The smallest absolute Gasteiger partial charge is 0.251 e. The molecule has 0 spiro atoms. The van der Waals surface area contributed by atoms with E-state index < -0.39 is 10.0 Å². The van der Waals surface area contributed by atoms with E-state index in [9.17, 15) is 13.2 Å². The number of sulfonamides is 1. The molecule has 1 aromatic carbocycles. The maximum Gasteiger partial charge on any atom is 0.251 e. The van der Waals surface area contributed by atoms with E-state index in [1.165, 1.54) is 22.0 Å². The van der Waals surface area contributed by atoms with Crippen LogP contribution in [0.15, 0.2) is 40.8 Å². The summed E-state index contributed by atoms with van der Waals surface area (Å²) in [7, 11) is -3.59. The first kappa shape index (κ1) is 18.1. The fourth-order valence-corrected chi connectivity index (χ4v) is 4.46. The Hall–Kier alpha value is -1.70. The van der Waals surface area contributed by atoms with Crippen LogP contribution in [0.25, 0.3) is 0 Å². The zero-order chi connectivity index (χ0) is 17.9. The van der Waals surface area contributed by atoms with Gasteiger partial charge in [-0.15, -0.1) is 0 Å². The van der Waals surface area contributed by atoms with Crippen LogP contribution in [0.3, 0.4) is 0 Å². The molecule has 1 aromatic rings. The van der Waals surface area contributed by atoms with E-state index in [0.29, 0.717) is 25.2 Å². The summed E-state index contributed by atoms with van der Waals surface area (Å²) in [5.41, 5.74) is 1.55. The number of hydrogen-bond donors (Lipinski definition) is 1. The molecule has 0 aliphatic carbocycles. The van der Waals surface area contributed by atoms with Crippen molar-refractivity contribution in [1.82, 2.24) is 9.62 Å². The number of hydrogen-bond acceptors (Lipinski definition) is 4. The van der Waals surface area contributed by atoms with Gasteiger partial charge in [-0.3, -0.25) is 4.79 Å². The lowest BCUT2D eigenvalue weighted by Gasteiger charge is -2.25. The van der Waals surface area contributed by atoms with Crippen LogP contribution in [-0.4, -0.2) is 51.0 Å². The lowest BCUT2D eigenvalue weighted by molar-refractivity contribution is 0.0857. The number of carbonyl (C=O) groups excluding carboxylic acids is 1. The molecule has 0 unspecified atom stereocenters. The molecule has 1 atom stereocenters. The van der Waals surface area contributed by atoms with Crippen molar-refractivity contribution in [2.45, 2.75) is 37.2 Å². The summed E-state index contributed by atoms with van der Waals surface area (Å²) >= 11 is 0. The van der Waals surface area contributed by atoms with Crippen molar-refractivity contribution in [1.29, 1.82) is 0 Å². The molecule has 1 N–H and O–H groups in total. The molecule has 0 bridgehead atoms. The highest BCUT2D eigenvalue weighted by atomic mass is 32.2. The van der Waals surface area contributed by atoms with Gasteiger partial charge in [-0.1, -0.05) is 17.7 Å². The highest BCUT2D eigenvalue weighted by molar-refractivity contribution is 7.89. The van der Waals surface area contributed by atoms with Gasteiger partial charge in [-0.2, -0.15) is 4.31 Å². The summed E-state index contributed by atoms with van der Waals surface area (Å²) < 4.78 is 32.5. The lowest BCUT2D eigenvalue weighted by Crippen LogP contribution is -2.35. The Morgan fingerprint density at radius 1 is 1.40 bits per heavy atom. The maximum atomic E-state index is 12.8. The summed E-state index contributed by atoms with van der Waals surface area (Å²) in [5.74, 6) is -0.276. The standard InChI is InChI=1S/C18H24N2O4S/c1-14-7-9-20(10-8-14)25(22,23)17-6-2-4-15(12-17)18(21)19-13-16-5-3-11-24-16/h2,4,6-7,12,16H,3,5,8-11,13H2,1H3,(H,19,21)/t16-/m0/s1. The summed E-state index contributed by atoms with van der Waals surface area (Å²) in [6, 6.07) is 6.23. The Bertz CT molecular complexity index is 767. The van der Waals surface area contributed by atoms with Crippen molar-refractivity contribution in [3.63, 3.8) is 0 Å². The lowest BCUT2D eigenvalue weighted by atomic mass is 10.1. The summed E-state index contributed by atoms with van der Waals surface area (Å²) in [6.45, 7) is 4.04. The molecule has 2 aliphatic rings. The summed E-state index contributed by atoms with van der Waals surface area (Å²) in [5, 5.41) is 2.82. The van der Waals surface area contributed by atoms with Crippen LogP contribution in [0.1, 0.15) is 36.5 Å². The number of ether oxygens (including phenoxy) is 1. The predicted octanol–water partition coefficient (Wildman–Crippen LogP) is 1.94. The van der Waals surface area contributed by atoms with Gasteiger partial charge in [-0.25, -0.2) is 8.42 Å². The zero-order valence-electron chi connectivity index (χ0n) is 14.4. The van der Waals surface area contributed by atoms with E-state index in [1.54, 1.807) is 12.1 Å². The third-order valence-electron chi connectivity index (χ3n) is 4.65. The van der Waals surface area contributed by atoms with Gasteiger partial charge in [0.05, 0.1) is 11.0 Å². The van der Waals surface area contributed by atoms with Crippen LogP contribution in [0.5, 0.6) is 0 Å². The maximum absolute atomic E-state index is 12.8. The number of nitrogens with zero attached hydrogens (tertiary/aromatic N) is 1. The third-order valence-corrected chi connectivity index (χ3v) is 6.51. The van der Waals surface area contributed by atoms with Crippen molar-refractivity contribution in [3.05, 3.63) is 41.5 Å². The normalized spacial score (nSPS) is 21.8. The zero-order valence-corrected chi connectivity index (χ0v) is 15.2. The molecule has 136 valence electrons. The molecule has 1 saturated heterocycles. The van der Waals surface area contributed by atoms with E-state index >= 15 is 0 Å². The van der Waals surface area contributed by atoms with Crippen LogP contribution in [0.2, 0.25) is 0 Å². The molecule has 1 amide bonds. The second kappa shape index (κ2) is 7.68. The average Bonchev–Trinajstić information content (AvgIpc) is 3.14. The van der Waals surface area contributed by atoms with Crippen molar-refractivity contribution >= 4 is 15.9 Å². The van der Waals surface area contributed by atoms with Crippen LogP contribution in [0, 0.1) is 0 Å². The van der Waals surface area contributed by atoms with Gasteiger partial charge in [0.15, 0.2) is 0 Å².